The number of rotatable bonds is 14. The van der Waals surface area contributed by atoms with Crippen molar-refractivity contribution in [3.63, 3.8) is 0 Å². The molecule has 0 bridgehead atoms. The summed E-state index contributed by atoms with van der Waals surface area (Å²) in [7, 11) is 4.46. The largest absolute Gasteiger partial charge is 0.367 e. The number of unbranched alkanes of at least 4 members (excludes halogenated alkanes) is 4. The van der Waals surface area contributed by atoms with Crippen molar-refractivity contribution < 1.29 is 0 Å². The molecule has 2 heteroatoms. The number of anilines is 1. The van der Waals surface area contributed by atoms with Gasteiger partial charge < -0.3 is 9.47 Å². The second-order valence-corrected chi connectivity index (χ2v) is 14.8. The van der Waals surface area contributed by atoms with E-state index in [1.165, 1.54) is 118 Å². The molecule has 0 N–H and O–H groups in total. The molecule has 1 aromatic heterocycles. The van der Waals surface area contributed by atoms with E-state index in [0.717, 1.165) is 0 Å². The highest BCUT2D eigenvalue weighted by Crippen LogP contribution is 2.47. The number of benzene rings is 4. The lowest BCUT2D eigenvalue weighted by molar-refractivity contribution is 0.717. The number of allylic oxidation sites excluding steroid dienone is 7. The molecule has 0 spiro atoms. The van der Waals surface area contributed by atoms with Crippen molar-refractivity contribution in [2.75, 3.05) is 11.9 Å². The van der Waals surface area contributed by atoms with Crippen LogP contribution in [0.2, 0.25) is 0 Å². The van der Waals surface area contributed by atoms with Crippen molar-refractivity contribution >= 4 is 45.7 Å². The highest BCUT2D eigenvalue weighted by Gasteiger charge is 2.36. The Morgan fingerprint density at radius 2 is 1.13 bits per heavy atom. The van der Waals surface area contributed by atoms with Crippen LogP contribution in [0.3, 0.4) is 0 Å². The minimum Gasteiger partial charge on any atom is -0.367 e. The van der Waals surface area contributed by atoms with Gasteiger partial charge >= 0.3 is 0 Å². The molecular weight excluding hydrogens is 629 g/mol. The quantitative estimate of drug-likeness (QED) is 0.0836. The molecule has 52 heavy (non-hydrogen) atoms. The summed E-state index contributed by atoms with van der Waals surface area (Å²) in [5.41, 5.74) is 13.2. The SMILES string of the molecule is CCCCCc1ccc(C=CC=CC2=CC3C(C=C2)c2cc4c(cc2N3C)c2ccc(C=CC=Cc3ccc(CCCCC)cc3)cc2n4C)cc1. The number of fused-ring (bicyclic) bond motifs is 6. The van der Waals surface area contributed by atoms with Gasteiger partial charge in [-0.2, -0.15) is 0 Å². The van der Waals surface area contributed by atoms with Gasteiger partial charge in [-0.15, -0.1) is 0 Å². The average Bonchev–Trinajstić information content (AvgIpc) is 3.60. The van der Waals surface area contributed by atoms with Crippen LogP contribution in [0.25, 0.3) is 40.0 Å². The number of likely N-dealkylation sites (N-methyl/N-ethyl adjacent to an activating group) is 1. The zero-order valence-electron chi connectivity index (χ0n) is 31.6. The lowest BCUT2D eigenvalue weighted by Gasteiger charge is -2.25. The van der Waals surface area contributed by atoms with Crippen molar-refractivity contribution in [2.45, 2.75) is 77.2 Å². The van der Waals surface area contributed by atoms with Gasteiger partial charge in [0.05, 0.1) is 6.04 Å². The Morgan fingerprint density at radius 1 is 0.577 bits per heavy atom. The third-order valence-corrected chi connectivity index (χ3v) is 11.1. The number of aryl methyl sites for hydroxylation is 3. The molecule has 5 aromatic rings. The van der Waals surface area contributed by atoms with E-state index >= 15 is 0 Å². The Morgan fingerprint density at radius 3 is 1.75 bits per heavy atom. The van der Waals surface area contributed by atoms with E-state index in [-0.39, 0.29) is 0 Å². The van der Waals surface area contributed by atoms with E-state index in [1.807, 2.05) is 0 Å². The molecule has 2 aliphatic rings. The normalized spacial score (nSPS) is 17.2. The molecule has 0 radical (unpaired) electrons. The molecular formula is C50H54N2. The van der Waals surface area contributed by atoms with Crippen molar-refractivity contribution in [3.8, 4) is 0 Å². The minimum absolute atomic E-state index is 0.320. The first-order valence-corrected chi connectivity index (χ1v) is 19.6. The molecule has 1 aliphatic carbocycles. The number of nitrogens with zero attached hydrogens (tertiary/aromatic N) is 2. The van der Waals surface area contributed by atoms with Crippen LogP contribution in [0.1, 0.15) is 91.7 Å². The van der Waals surface area contributed by atoms with Gasteiger partial charge in [0.25, 0.3) is 0 Å². The molecule has 1 aliphatic heterocycles. The molecule has 7 rings (SSSR count). The van der Waals surface area contributed by atoms with Gasteiger partial charge in [0.2, 0.25) is 0 Å². The van der Waals surface area contributed by atoms with E-state index in [2.05, 4.69) is 183 Å². The van der Waals surface area contributed by atoms with Crippen LogP contribution < -0.4 is 4.90 Å². The summed E-state index contributed by atoms with van der Waals surface area (Å²) in [6.45, 7) is 4.52. The van der Waals surface area contributed by atoms with E-state index in [0.29, 0.717) is 12.0 Å². The van der Waals surface area contributed by atoms with Crippen LogP contribution in [0.5, 0.6) is 0 Å². The molecule has 4 aromatic carbocycles. The highest BCUT2D eigenvalue weighted by molar-refractivity contribution is 6.10. The fraction of sp³-hybridized carbons (Fsp3) is 0.280. The van der Waals surface area contributed by atoms with Crippen LogP contribution in [0.4, 0.5) is 5.69 Å². The first-order chi connectivity index (χ1) is 25.5. The number of hydrogen-bond donors (Lipinski definition) is 0. The number of aromatic nitrogens is 1. The molecule has 2 unspecified atom stereocenters. The summed E-state index contributed by atoms with van der Waals surface area (Å²) in [4.78, 5) is 2.47. The van der Waals surface area contributed by atoms with E-state index in [9.17, 15) is 0 Å². The fourth-order valence-electron chi connectivity index (χ4n) is 7.96. The predicted octanol–water partition coefficient (Wildman–Crippen LogP) is 13.2. The molecule has 2 heterocycles. The zero-order valence-corrected chi connectivity index (χ0v) is 31.6. The Labute approximate surface area is 311 Å². The summed E-state index contributed by atoms with van der Waals surface area (Å²) in [6.07, 6.45) is 34.6. The van der Waals surface area contributed by atoms with Crippen LogP contribution in [0, 0.1) is 0 Å². The van der Waals surface area contributed by atoms with E-state index < -0.39 is 0 Å². The first-order valence-electron chi connectivity index (χ1n) is 19.6. The standard InChI is InChI=1S/C50H54N2/c1-5-7-9-15-37-21-25-39(26-22-37)17-11-13-19-41-29-31-43-45-35-50-46(36-49(45)51(3)47(43)33-41)44-32-30-42(34-48(44)52(50)4)20-14-12-18-40-27-23-38(24-28-40)16-10-8-6-2/h11-14,17-36,43,47H,5-10,15-16H2,1-4H3. The molecule has 2 nitrogen and oxygen atoms in total. The molecule has 2 atom stereocenters. The molecule has 0 fully saturated rings. The first kappa shape index (κ1) is 35.3. The monoisotopic (exact) mass is 682 g/mol. The van der Waals surface area contributed by atoms with Crippen LogP contribution >= 0.6 is 0 Å². The van der Waals surface area contributed by atoms with Crippen LogP contribution in [0.15, 0.2) is 133 Å². The third-order valence-electron chi connectivity index (χ3n) is 11.1. The van der Waals surface area contributed by atoms with Gasteiger partial charge in [0, 0.05) is 47.5 Å². The molecule has 0 saturated heterocycles. The number of hydrogen-bond acceptors (Lipinski definition) is 1. The molecule has 0 amide bonds. The van der Waals surface area contributed by atoms with Crippen molar-refractivity contribution in [2.24, 2.45) is 7.05 Å². The van der Waals surface area contributed by atoms with Gasteiger partial charge in [-0.1, -0.05) is 167 Å². The van der Waals surface area contributed by atoms with Crippen molar-refractivity contribution in [1.29, 1.82) is 0 Å². The topological polar surface area (TPSA) is 8.17 Å². The summed E-state index contributed by atoms with van der Waals surface area (Å²) in [5, 5.41) is 2.63. The lowest BCUT2D eigenvalue weighted by atomic mass is 9.88. The maximum atomic E-state index is 2.47. The van der Waals surface area contributed by atoms with Crippen molar-refractivity contribution in [3.05, 3.63) is 166 Å². The van der Waals surface area contributed by atoms with Gasteiger partial charge in [0.1, 0.15) is 0 Å². The van der Waals surface area contributed by atoms with E-state index in [1.54, 1.807) is 0 Å². The second-order valence-electron chi connectivity index (χ2n) is 14.8. The van der Waals surface area contributed by atoms with Gasteiger partial charge in [-0.25, -0.2) is 0 Å². The van der Waals surface area contributed by atoms with E-state index in [4.69, 9.17) is 0 Å². The smallest absolute Gasteiger partial charge is 0.0582 e. The Hall–Kier alpha value is -5.08. The molecule has 0 saturated carbocycles. The summed E-state index contributed by atoms with van der Waals surface area (Å²) in [6, 6.07) is 30.1. The van der Waals surface area contributed by atoms with Crippen molar-refractivity contribution in [1.82, 2.24) is 4.57 Å². The van der Waals surface area contributed by atoms with Crippen LogP contribution in [-0.2, 0) is 19.9 Å². The molecule has 264 valence electrons. The zero-order chi connectivity index (χ0) is 35.9. The van der Waals surface area contributed by atoms with Gasteiger partial charge in [-0.05, 0) is 82.8 Å². The summed E-state index contributed by atoms with van der Waals surface area (Å²) >= 11 is 0. The predicted molar refractivity (Wildman–Crippen MR) is 228 cm³/mol. The summed E-state index contributed by atoms with van der Waals surface area (Å²) in [5.74, 6) is 0.355. The Balaban J connectivity index is 1.02. The van der Waals surface area contributed by atoms with Gasteiger partial charge in [0.15, 0.2) is 0 Å². The summed E-state index contributed by atoms with van der Waals surface area (Å²) < 4.78 is 2.37. The minimum atomic E-state index is 0.320. The Kier molecular flexibility index (Phi) is 11.2. The average molecular weight is 683 g/mol. The maximum absolute atomic E-state index is 2.47. The highest BCUT2D eigenvalue weighted by atomic mass is 15.2. The fourth-order valence-corrected chi connectivity index (χ4v) is 7.96. The maximum Gasteiger partial charge on any atom is 0.0582 e. The third kappa shape index (κ3) is 7.87. The Bertz CT molecular complexity index is 2180. The van der Waals surface area contributed by atoms with Gasteiger partial charge in [-0.3, -0.25) is 0 Å². The lowest BCUT2D eigenvalue weighted by Crippen LogP contribution is -2.29. The van der Waals surface area contributed by atoms with Crippen LogP contribution in [-0.4, -0.2) is 17.7 Å². The second kappa shape index (κ2) is 16.5.